The maximum absolute atomic E-state index is 4.36. The lowest BCUT2D eigenvalue weighted by Gasteiger charge is -2.33. The fraction of sp³-hybridized carbons (Fsp3) is 0.471. The van der Waals surface area contributed by atoms with E-state index < -0.39 is 0 Å². The first-order valence-electron chi connectivity index (χ1n) is 7.57. The number of aryl methyl sites for hydroxylation is 2. The van der Waals surface area contributed by atoms with Crippen LogP contribution in [0.2, 0.25) is 0 Å². The minimum absolute atomic E-state index is 0.547. The van der Waals surface area contributed by atoms with Gasteiger partial charge in [-0.25, -0.2) is 4.98 Å². The van der Waals surface area contributed by atoms with E-state index >= 15 is 0 Å². The van der Waals surface area contributed by atoms with Crippen LogP contribution in [0.5, 0.6) is 0 Å². The molecule has 2 atom stereocenters. The molecule has 0 spiro atoms. The molecule has 20 heavy (non-hydrogen) atoms. The fourth-order valence-corrected chi connectivity index (χ4v) is 3.37. The number of hydrogen-bond donors (Lipinski definition) is 1. The predicted molar refractivity (Wildman–Crippen MR) is 82.0 cm³/mol. The third-order valence-electron chi connectivity index (χ3n) is 4.42. The molecule has 1 fully saturated rings. The number of nitrogens with one attached hydrogen (secondary N) is 1. The van der Waals surface area contributed by atoms with Gasteiger partial charge in [0.15, 0.2) is 0 Å². The summed E-state index contributed by atoms with van der Waals surface area (Å²) >= 11 is 0. The van der Waals surface area contributed by atoms with Crippen molar-refractivity contribution in [1.29, 1.82) is 0 Å². The van der Waals surface area contributed by atoms with E-state index in [1.54, 1.807) is 0 Å². The average molecular weight is 269 g/mol. The molecule has 3 nitrogen and oxygen atoms in total. The molecule has 1 N–H and O–H groups in total. The van der Waals surface area contributed by atoms with Crippen LogP contribution in [0.3, 0.4) is 0 Å². The van der Waals surface area contributed by atoms with Crippen molar-refractivity contribution in [2.75, 3.05) is 13.1 Å². The zero-order chi connectivity index (χ0) is 13.9. The minimum atomic E-state index is 0.547. The summed E-state index contributed by atoms with van der Waals surface area (Å²) in [5.41, 5.74) is 4.18. The average Bonchev–Trinajstić information content (AvgIpc) is 2.95. The number of aromatic nitrogens is 2. The number of piperidine rings is 1. The van der Waals surface area contributed by atoms with E-state index in [1.165, 1.54) is 23.2 Å². The van der Waals surface area contributed by atoms with Gasteiger partial charge in [-0.3, -0.25) is 0 Å². The van der Waals surface area contributed by atoms with Gasteiger partial charge in [0, 0.05) is 36.8 Å². The number of imidazole rings is 1. The lowest BCUT2D eigenvalue weighted by molar-refractivity contribution is 0.388. The number of nitrogens with zero attached hydrogens (tertiary/aromatic N) is 2. The molecule has 106 valence electrons. The molecule has 0 aliphatic carbocycles. The fourth-order valence-electron chi connectivity index (χ4n) is 3.37. The summed E-state index contributed by atoms with van der Waals surface area (Å²) < 4.78 is 2.29. The second-order valence-corrected chi connectivity index (χ2v) is 5.72. The van der Waals surface area contributed by atoms with Gasteiger partial charge in [-0.15, -0.1) is 0 Å². The zero-order valence-electron chi connectivity index (χ0n) is 12.3. The Bertz CT molecular complexity index is 573. The van der Waals surface area contributed by atoms with Crippen molar-refractivity contribution >= 4 is 0 Å². The molecule has 1 aromatic carbocycles. The summed E-state index contributed by atoms with van der Waals surface area (Å²) in [5.74, 6) is 1.12. The lowest BCUT2D eigenvalue weighted by Crippen LogP contribution is -2.34. The van der Waals surface area contributed by atoms with Gasteiger partial charge in [-0.05, 0) is 32.4 Å². The predicted octanol–water partition coefficient (Wildman–Crippen LogP) is 3.07. The van der Waals surface area contributed by atoms with Crippen LogP contribution in [0.1, 0.15) is 42.0 Å². The summed E-state index contributed by atoms with van der Waals surface area (Å²) in [5, 5.41) is 3.55. The van der Waals surface area contributed by atoms with E-state index in [9.17, 15) is 0 Å². The van der Waals surface area contributed by atoms with E-state index in [0.29, 0.717) is 11.8 Å². The van der Waals surface area contributed by atoms with Gasteiger partial charge in [0.2, 0.25) is 0 Å². The lowest BCUT2D eigenvalue weighted by atomic mass is 9.79. The number of hydrogen-bond acceptors (Lipinski definition) is 2. The third kappa shape index (κ3) is 2.50. The van der Waals surface area contributed by atoms with Gasteiger partial charge in [0.25, 0.3) is 0 Å². The monoisotopic (exact) mass is 269 g/mol. The Balaban J connectivity index is 1.95. The summed E-state index contributed by atoms with van der Waals surface area (Å²) in [6, 6.07) is 8.94. The Morgan fingerprint density at radius 1 is 1.35 bits per heavy atom. The van der Waals surface area contributed by atoms with Crippen molar-refractivity contribution in [2.24, 2.45) is 0 Å². The highest BCUT2D eigenvalue weighted by Gasteiger charge is 2.29. The molecule has 2 heterocycles. The van der Waals surface area contributed by atoms with Crippen molar-refractivity contribution in [3.63, 3.8) is 0 Å². The third-order valence-corrected chi connectivity index (χ3v) is 4.42. The topological polar surface area (TPSA) is 29.9 Å². The highest BCUT2D eigenvalue weighted by atomic mass is 15.0. The number of benzene rings is 1. The SMILES string of the molecule is CCn1cncc1C1CCNCC1c1cccc(C)c1. The highest BCUT2D eigenvalue weighted by Crippen LogP contribution is 2.37. The first-order valence-corrected chi connectivity index (χ1v) is 7.57. The second kappa shape index (κ2) is 5.80. The molecule has 1 aliphatic heterocycles. The molecule has 1 aliphatic rings. The molecule has 3 rings (SSSR count). The van der Waals surface area contributed by atoms with E-state index in [1.807, 2.05) is 6.33 Å². The van der Waals surface area contributed by atoms with E-state index in [2.05, 4.69) is 59.2 Å². The summed E-state index contributed by atoms with van der Waals surface area (Å²) in [4.78, 5) is 4.36. The standard InChI is InChI=1S/C17H23N3/c1-3-20-12-19-11-17(20)15-7-8-18-10-16(15)14-6-4-5-13(2)9-14/h4-6,9,11-12,15-16,18H,3,7-8,10H2,1-2H3. The van der Waals surface area contributed by atoms with Crippen LogP contribution < -0.4 is 5.32 Å². The van der Waals surface area contributed by atoms with Crippen LogP contribution in [0.25, 0.3) is 0 Å². The van der Waals surface area contributed by atoms with Crippen molar-refractivity contribution in [3.8, 4) is 0 Å². The Morgan fingerprint density at radius 2 is 2.25 bits per heavy atom. The van der Waals surface area contributed by atoms with Crippen molar-refractivity contribution in [2.45, 2.75) is 38.6 Å². The molecule has 3 heteroatoms. The Labute approximate surface area is 121 Å². The molecule has 0 saturated carbocycles. The van der Waals surface area contributed by atoms with Crippen molar-refractivity contribution in [1.82, 2.24) is 14.9 Å². The van der Waals surface area contributed by atoms with Crippen molar-refractivity contribution in [3.05, 3.63) is 53.6 Å². The van der Waals surface area contributed by atoms with Gasteiger partial charge in [0.1, 0.15) is 0 Å². The summed E-state index contributed by atoms with van der Waals surface area (Å²) in [7, 11) is 0. The van der Waals surface area contributed by atoms with E-state index in [4.69, 9.17) is 0 Å². The highest BCUT2D eigenvalue weighted by molar-refractivity contribution is 5.30. The molecule has 2 unspecified atom stereocenters. The van der Waals surface area contributed by atoms with Crippen LogP contribution in [-0.2, 0) is 6.54 Å². The number of rotatable bonds is 3. The summed E-state index contributed by atoms with van der Waals surface area (Å²) in [6.07, 6.45) is 5.21. The Hall–Kier alpha value is -1.61. The second-order valence-electron chi connectivity index (χ2n) is 5.72. The Morgan fingerprint density at radius 3 is 3.05 bits per heavy atom. The zero-order valence-corrected chi connectivity index (χ0v) is 12.3. The molecule has 1 aromatic heterocycles. The van der Waals surface area contributed by atoms with Crippen molar-refractivity contribution < 1.29 is 0 Å². The maximum atomic E-state index is 4.36. The molecule has 0 bridgehead atoms. The minimum Gasteiger partial charge on any atom is -0.335 e. The van der Waals surface area contributed by atoms with Crippen LogP contribution in [0.4, 0.5) is 0 Å². The maximum Gasteiger partial charge on any atom is 0.0948 e. The molecule has 0 radical (unpaired) electrons. The van der Waals surface area contributed by atoms with E-state index in [-0.39, 0.29) is 0 Å². The van der Waals surface area contributed by atoms with Crippen LogP contribution in [0, 0.1) is 6.92 Å². The van der Waals surface area contributed by atoms with Gasteiger partial charge < -0.3 is 9.88 Å². The Kier molecular flexibility index (Phi) is 3.88. The van der Waals surface area contributed by atoms with Crippen LogP contribution in [0.15, 0.2) is 36.8 Å². The largest absolute Gasteiger partial charge is 0.335 e. The van der Waals surface area contributed by atoms with E-state index in [0.717, 1.165) is 19.6 Å². The van der Waals surface area contributed by atoms with Crippen LogP contribution in [-0.4, -0.2) is 22.6 Å². The normalized spacial score (nSPS) is 22.9. The molecule has 1 saturated heterocycles. The molecular weight excluding hydrogens is 246 g/mol. The van der Waals surface area contributed by atoms with Gasteiger partial charge in [-0.2, -0.15) is 0 Å². The van der Waals surface area contributed by atoms with Gasteiger partial charge in [-0.1, -0.05) is 29.8 Å². The molecule has 2 aromatic rings. The smallest absolute Gasteiger partial charge is 0.0948 e. The quantitative estimate of drug-likeness (QED) is 0.928. The summed E-state index contributed by atoms with van der Waals surface area (Å²) in [6.45, 7) is 7.52. The first kappa shape index (κ1) is 13.4. The van der Waals surface area contributed by atoms with Gasteiger partial charge >= 0.3 is 0 Å². The van der Waals surface area contributed by atoms with Gasteiger partial charge in [0.05, 0.1) is 6.33 Å². The molecule has 0 amide bonds. The first-order chi connectivity index (χ1) is 9.79. The molecular formula is C17H23N3. The van der Waals surface area contributed by atoms with Crippen LogP contribution >= 0.6 is 0 Å².